The number of aromatic nitrogens is 2. The fourth-order valence-electron chi connectivity index (χ4n) is 1.36. The van der Waals surface area contributed by atoms with Crippen molar-refractivity contribution in [2.45, 2.75) is 5.03 Å². The Morgan fingerprint density at radius 1 is 1.41 bits per heavy atom. The van der Waals surface area contributed by atoms with Gasteiger partial charge in [0.05, 0.1) is 0 Å². The van der Waals surface area contributed by atoms with Crippen LogP contribution in [-0.4, -0.2) is 37.3 Å². The minimum Gasteiger partial charge on any atom is -0.471 e. The van der Waals surface area contributed by atoms with Crippen LogP contribution in [0.15, 0.2) is 10.2 Å². The lowest BCUT2D eigenvalue weighted by atomic mass is 10.3. The molecular formula is C7H7Cl2N3O4S. The predicted octanol–water partition coefficient (Wildman–Crippen LogP) is 0.709. The minimum atomic E-state index is -4.02. The molecule has 2 heterocycles. The van der Waals surface area contributed by atoms with Crippen LogP contribution in [0.2, 0.25) is 5.15 Å². The molecule has 0 unspecified atom stereocenters. The largest absolute Gasteiger partial charge is 0.471 e. The average Bonchev–Trinajstić information content (AvgIpc) is 2.54. The van der Waals surface area contributed by atoms with E-state index in [1.807, 2.05) is 0 Å². The van der Waals surface area contributed by atoms with Gasteiger partial charge in [-0.1, -0.05) is 11.6 Å². The van der Waals surface area contributed by atoms with Crippen molar-refractivity contribution in [2.24, 2.45) is 12.2 Å². The van der Waals surface area contributed by atoms with Crippen LogP contribution < -0.4 is 0 Å². The van der Waals surface area contributed by atoms with Gasteiger partial charge in [-0.05, 0) is 5.16 Å². The van der Waals surface area contributed by atoms with E-state index in [0.717, 1.165) is 4.68 Å². The smallest absolute Gasteiger partial charge is 0.279 e. The summed E-state index contributed by atoms with van der Waals surface area (Å²) in [6.07, 6.45) is 0. The molecule has 1 aliphatic rings. The lowest BCUT2D eigenvalue weighted by Gasteiger charge is -2.13. The minimum absolute atomic E-state index is 0.00358. The third-order valence-electron chi connectivity index (χ3n) is 1.96. The van der Waals surface area contributed by atoms with Crippen molar-refractivity contribution >= 4 is 37.2 Å². The second kappa shape index (κ2) is 4.35. The molecule has 1 aromatic heterocycles. The Bertz CT molecular complexity index is 580. The first-order valence-electron chi connectivity index (χ1n) is 4.41. The quantitative estimate of drug-likeness (QED) is 0.751. The highest BCUT2D eigenvalue weighted by Gasteiger charge is 2.30. The molecule has 10 heteroatoms. The maximum absolute atomic E-state index is 11.4. The number of oxime groups is 1. The van der Waals surface area contributed by atoms with Gasteiger partial charge in [-0.2, -0.15) is 5.10 Å². The summed E-state index contributed by atoms with van der Waals surface area (Å²) < 4.78 is 29.1. The van der Waals surface area contributed by atoms with Gasteiger partial charge in [0.25, 0.3) is 14.9 Å². The first-order valence-corrected chi connectivity index (χ1v) is 7.10. The van der Waals surface area contributed by atoms with Crippen LogP contribution in [0.1, 0.15) is 5.56 Å². The van der Waals surface area contributed by atoms with E-state index in [1.54, 1.807) is 0 Å². The van der Waals surface area contributed by atoms with E-state index in [9.17, 15) is 8.42 Å². The van der Waals surface area contributed by atoms with Gasteiger partial charge in [-0.3, -0.25) is 4.68 Å². The molecule has 0 saturated heterocycles. The highest BCUT2D eigenvalue weighted by atomic mass is 35.7. The van der Waals surface area contributed by atoms with Gasteiger partial charge >= 0.3 is 0 Å². The van der Waals surface area contributed by atoms with Gasteiger partial charge in [0.2, 0.25) is 0 Å². The zero-order chi connectivity index (χ0) is 12.6. The number of hydrogen-bond acceptors (Lipinski definition) is 6. The van der Waals surface area contributed by atoms with E-state index in [1.165, 1.54) is 7.05 Å². The first-order chi connectivity index (χ1) is 7.91. The number of halogens is 2. The molecule has 0 spiro atoms. The predicted molar refractivity (Wildman–Crippen MR) is 59.7 cm³/mol. The summed E-state index contributed by atoms with van der Waals surface area (Å²) in [5, 5.41) is 6.98. The van der Waals surface area contributed by atoms with E-state index in [4.69, 9.17) is 31.9 Å². The summed E-state index contributed by atoms with van der Waals surface area (Å²) in [5.74, 6) is -0.0476. The fraction of sp³-hybridized carbons (Fsp3) is 0.429. The Balaban J connectivity index is 2.64. The molecule has 0 N–H and O–H groups in total. The number of aryl methyl sites for hydroxylation is 1. The summed E-state index contributed by atoms with van der Waals surface area (Å²) in [4.78, 5) is 4.80. The van der Waals surface area contributed by atoms with Gasteiger partial charge in [0, 0.05) is 17.7 Å². The average molecular weight is 300 g/mol. The fourth-order valence-corrected chi connectivity index (χ4v) is 3.02. The monoisotopic (exact) mass is 299 g/mol. The van der Waals surface area contributed by atoms with Crippen molar-refractivity contribution in [1.82, 2.24) is 9.78 Å². The molecule has 1 aromatic rings. The number of ether oxygens (including phenoxy) is 1. The van der Waals surface area contributed by atoms with E-state index in [-0.39, 0.29) is 34.9 Å². The molecule has 0 amide bonds. The van der Waals surface area contributed by atoms with Crippen LogP contribution in [0.25, 0.3) is 0 Å². The van der Waals surface area contributed by atoms with Crippen LogP contribution in [0, 0.1) is 0 Å². The molecule has 7 nitrogen and oxygen atoms in total. The second-order valence-electron chi connectivity index (χ2n) is 3.11. The molecule has 0 fully saturated rings. The first kappa shape index (κ1) is 12.5. The van der Waals surface area contributed by atoms with Crippen molar-refractivity contribution < 1.29 is 18.0 Å². The molecule has 0 radical (unpaired) electrons. The summed E-state index contributed by atoms with van der Waals surface area (Å²) in [6.45, 7) is 0.524. The van der Waals surface area contributed by atoms with Gasteiger partial charge in [0.1, 0.15) is 12.2 Å². The van der Waals surface area contributed by atoms with Crippen LogP contribution in [0.5, 0.6) is 0 Å². The van der Waals surface area contributed by atoms with Gasteiger partial charge < -0.3 is 9.57 Å². The van der Waals surface area contributed by atoms with Crippen molar-refractivity contribution in [3.8, 4) is 0 Å². The highest BCUT2D eigenvalue weighted by molar-refractivity contribution is 8.13. The summed E-state index contributed by atoms with van der Waals surface area (Å²) in [7, 11) is 2.68. The lowest BCUT2D eigenvalue weighted by Crippen LogP contribution is -2.19. The van der Waals surface area contributed by atoms with E-state index < -0.39 is 9.05 Å². The van der Waals surface area contributed by atoms with Crippen LogP contribution in [0.3, 0.4) is 0 Å². The molecule has 17 heavy (non-hydrogen) atoms. The molecule has 0 atom stereocenters. The van der Waals surface area contributed by atoms with Gasteiger partial charge in [0.15, 0.2) is 16.8 Å². The Labute approximate surface area is 106 Å². The molecule has 0 bridgehead atoms. The third-order valence-corrected chi connectivity index (χ3v) is 3.59. The second-order valence-corrected chi connectivity index (χ2v) is 5.95. The number of rotatable bonds is 2. The van der Waals surface area contributed by atoms with Crippen LogP contribution >= 0.6 is 22.3 Å². The van der Waals surface area contributed by atoms with E-state index >= 15 is 0 Å². The summed E-state index contributed by atoms with van der Waals surface area (Å²) >= 11 is 5.82. The summed E-state index contributed by atoms with van der Waals surface area (Å²) in [5.41, 5.74) is 0.00358. The standard InChI is InChI=1S/C7H7Cl2N3O4S/c1-12-7(17(9,13)14)4(5(8)10-12)6-11-16-3-2-15-6/h2-3H2,1H3. The van der Waals surface area contributed by atoms with Gasteiger partial charge in [-0.25, -0.2) is 8.42 Å². The third kappa shape index (κ3) is 2.33. The molecule has 0 saturated carbocycles. The normalized spacial score (nSPS) is 16.1. The topological polar surface area (TPSA) is 82.8 Å². The Hall–Kier alpha value is -0.990. The molecule has 94 valence electrons. The van der Waals surface area contributed by atoms with Crippen molar-refractivity contribution in [2.75, 3.05) is 13.2 Å². The highest BCUT2D eigenvalue weighted by Crippen LogP contribution is 2.27. The maximum Gasteiger partial charge on any atom is 0.279 e. The molecular weight excluding hydrogens is 293 g/mol. The van der Waals surface area contributed by atoms with Crippen molar-refractivity contribution in [3.05, 3.63) is 10.7 Å². The van der Waals surface area contributed by atoms with Crippen molar-refractivity contribution in [1.29, 1.82) is 0 Å². The lowest BCUT2D eigenvalue weighted by molar-refractivity contribution is 0.0653. The maximum atomic E-state index is 11.4. The van der Waals surface area contributed by atoms with Crippen LogP contribution in [0.4, 0.5) is 0 Å². The number of nitrogens with zero attached hydrogens (tertiary/aromatic N) is 3. The zero-order valence-electron chi connectivity index (χ0n) is 8.55. The zero-order valence-corrected chi connectivity index (χ0v) is 10.9. The van der Waals surface area contributed by atoms with Crippen molar-refractivity contribution in [3.63, 3.8) is 0 Å². The molecule has 2 rings (SSSR count). The van der Waals surface area contributed by atoms with E-state index in [0.29, 0.717) is 0 Å². The SMILES string of the molecule is Cn1nc(Cl)c(C2=NOCCO2)c1S(=O)(=O)Cl. The Kier molecular flexibility index (Phi) is 3.19. The van der Waals surface area contributed by atoms with Gasteiger partial charge in [-0.15, -0.1) is 0 Å². The summed E-state index contributed by atoms with van der Waals surface area (Å²) in [6, 6.07) is 0. The Morgan fingerprint density at radius 3 is 2.65 bits per heavy atom. The molecule has 0 aromatic carbocycles. The molecule has 0 aliphatic carbocycles. The molecule has 1 aliphatic heterocycles. The Morgan fingerprint density at radius 2 is 2.12 bits per heavy atom. The van der Waals surface area contributed by atoms with E-state index in [2.05, 4.69) is 10.3 Å². The number of hydrogen-bond donors (Lipinski definition) is 0. The van der Waals surface area contributed by atoms with Crippen LogP contribution in [-0.2, 0) is 25.7 Å².